The minimum absolute atomic E-state index is 1.27. The molecular weight excluding hydrogens is 212 g/mol. The van der Waals surface area contributed by atoms with E-state index in [1.54, 1.807) is 11.1 Å². The van der Waals surface area contributed by atoms with Crippen LogP contribution in [-0.4, -0.2) is 0 Å². The van der Waals surface area contributed by atoms with E-state index in [1.165, 1.54) is 57.8 Å². The normalized spacial score (nSPS) is 10.9. The summed E-state index contributed by atoms with van der Waals surface area (Å²) in [5.74, 6) is 0. The Bertz CT molecular complexity index is 262. The number of thiophene rings is 1. The van der Waals surface area contributed by atoms with Gasteiger partial charge in [-0.3, -0.25) is 0 Å². The molecule has 1 rings (SSSR count). The van der Waals surface area contributed by atoms with Crippen LogP contribution in [0.2, 0.25) is 0 Å². The molecule has 0 atom stereocenters. The van der Waals surface area contributed by atoms with Crippen LogP contribution in [0.3, 0.4) is 0 Å². The molecule has 0 saturated heterocycles. The maximum absolute atomic E-state index is 2.36. The fourth-order valence-corrected chi connectivity index (χ4v) is 3.09. The largest absolute Gasteiger partial charge is 0.152 e. The molecule has 0 N–H and O–H groups in total. The van der Waals surface area contributed by atoms with E-state index in [-0.39, 0.29) is 0 Å². The van der Waals surface area contributed by atoms with Crippen LogP contribution >= 0.6 is 11.3 Å². The number of aryl methyl sites for hydroxylation is 2. The second-order valence-corrected chi connectivity index (χ2v) is 5.43. The Labute approximate surface area is 105 Å². The number of rotatable bonds is 9. The molecule has 0 aromatic carbocycles. The number of hydrogen-bond acceptors (Lipinski definition) is 1. The summed E-state index contributed by atoms with van der Waals surface area (Å²) in [6.07, 6.45) is 12.3. The molecule has 1 heterocycles. The lowest BCUT2D eigenvalue weighted by molar-refractivity contribution is 0.607. The van der Waals surface area contributed by atoms with Crippen molar-refractivity contribution in [2.75, 3.05) is 0 Å². The van der Waals surface area contributed by atoms with Crippen LogP contribution in [0.5, 0.6) is 0 Å². The predicted octanol–water partition coefficient (Wildman–Crippen LogP) is 5.60. The Morgan fingerprint density at radius 1 is 0.750 bits per heavy atom. The Morgan fingerprint density at radius 3 is 2.06 bits per heavy atom. The van der Waals surface area contributed by atoms with E-state index in [1.807, 2.05) is 11.3 Å². The van der Waals surface area contributed by atoms with E-state index in [9.17, 15) is 0 Å². The first-order chi connectivity index (χ1) is 7.88. The van der Waals surface area contributed by atoms with Crippen molar-refractivity contribution in [2.45, 2.75) is 71.6 Å². The molecular formula is C15H26S. The quantitative estimate of drug-likeness (QED) is 0.491. The number of unbranched alkanes of at least 4 members (excludes halogenated alkanes) is 5. The highest BCUT2D eigenvalue weighted by Gasteiger charge is 2.02. The zero-order valence-corrected chi connectivity index (χ0v) is 11.7. The molecule has 0 fully saturated rings. The molecule has 1 aromatic rings. The molecule has 1 heteroatoms. The SMILES string of the molecule is CCCCCCCCc1cscc1CCC. The fourth-order valence-electron chi connectivity index (χ4n) is 2.15. The topological polar surface area (TPSA) is 0 Å². The maximum Gasteiger partial charge on any atom is -0.00584 e. The molecule has 0 amide bonds. The average molecular weight is 238 g/mol. The molecule has 0 nitrogen and oxygen atoms in total. The second kappa shape index (κ2) is 8.81. The van der Waals surface area contributed by atoms with Crippen molar-refractivity contribution in [3.05, 3.63) is 21.9 Å². The zero-order valence-electron chi connectivity index (χ0n) is 10.9. The van der Waals surface area contributed by atoms with Crippen LogP contribution in [0.25, 0.3) is 0 Å². The Kier molecular flexibility index (Phi) is 7.58. The van der Waals surface area contributed by atoms with Gasteiger partial charge in [-0.1, -0.05) is 52.4 Å². The van der Waals surface area contributed by atoms with Crippen molar-refractivity contribution in [1.82, 2.24) is 0 Å². The summed E-state index contributed by atoms with van der Waals surface area (Å²) in [4.78, 5) is 0. The van der Waals surface area contributed by atoms with E-state index in [4.69, 9.17) is 0 Å². The van der Waals surface area contributed by atoms with E-state index >= 15 is 0 Å². The minimum atomic E-state index is 1.27. The van der Waals surface area contributed by atoms with Crippen molar-refractivity contribution >= 4 is 11.3 Å². The monoisotopic (exact) mass is 238 g/mol. The second-order valence-electron chi connectivity index (χ2n) is 4.69. The third-order valence-electron chi connectivity index (χ3n) is 3.15. The van der Waals surface area contributed by atoms with Gasteiger partial charge in [-0.2, -0.15) is 11.3 Å². The summed E-state index contributed by atoms with van der Waals surface area (Å²) in [7, 11) is 0. The van der Waals surface area contributed by atoms with Crippen molar-refractivity contribution < 1.29 is 0 Å². The molecule has 0 aliphatic carbocycles. The Balaban J connectivity index is 2.13. The average Bonchev–Trinajstić information content (AvgIpc) is 2.72. The van der Waals surface area contributed by atoms with E-state index < -0.39 is 0 Å². The van der Waals surface area contributed by atoms with Gasteiger partial charge in [-0.25, -0.2) is 0 Å². The smallest absolute Gasteiger partial charge is 0.00584 e. The van der Waals surface area contributed by atoms with Crippen molar-refractivity contribution in [2.24, 2.45) is 0 Å². The molecule has 0 saturated carbocycles. The van der Waals surface area contributed by atoms with Gasteiger partial charge in [-0.05, 0) is 41.1 Å². The molecule has 0 spiro atoms. The summed E-state index contributed by atoms with van der Waals surface area (Å²) >= 11 is 1.88. The van der Waals surface area contributed by atoms with E-state index in [2.05, 4.69) is 24.6 Å². The third-order valence-corrected chi connectivity index (χ3v) is 3.99. The molecule has 0 unspecified atom stereocenters. The van der Waals surface area contributed by atoms with Gasteiger partial charge in [0.15, 0.2) is 0 Å². The van der Waals surface area contributed by atoms with Gasteiger partial charge in [0, 0.05) is 0 Å². The summed E-state index contributed by atoms with van der Waals surface area (Å²) in [5.41, 5.74) is 3.24. The predicted molar refractivity (Wildman–Crippen MR) is 75.4 cm³/mol. The fraction of sp³-hybridized carbons (Fsp3) is 0.733. The van der Waals surface area contributed by atoms with Gasteiger partial charge >= 0.3 is 0 Å². The first kappa shape index (κ1) is 13.8. The van der Waals surface area contributed by atoms with Gasteiger partial charge < -0.3 is 0 Å². The highest BCUT2D eigenvalue weighted by atomic mass is 32.1. The maximum atomic E-state index is 2.36. The van der Waals surface area contributed by atoms with Crippen molar-refractivity contribution in [3.63, 3.8) is 0 Å². The van der Waals surface area contributed by atoms with Gasteiger partial charge in [-0.15, -0.1) is 0 Å². The van der Waals surface area contributed by atoms with Gasteiger partial charge in [0.1, 0.15) is 0 Å². The molecule has 16 heavy (non-hydrogen) atoms. The van der Waals surface area contributed by atoms with Gasteiger partial charge in [0.2, 0.25) is 0 Å². The zero-order chi connectivity index (χ0) is 11.6. The first-order valence-corrected chi connectivity index (χ1v) is 7.86. The van der Waals surface area contributed by atoms with Crippen LogP contribution in [0, 0.1) is 0 Å². The molecule has 0 aliphatic heterocycles. The summed E-state index contributed by atoms with van der Waals surface area (Å²) < 4.78 is 0. The van der Waals surface area contributed by atoms with Crippen LogP contribution in [0.15, 0.2) is 10.8 Å². The Morgan fingerprint density at radius 2 is 1.38 bits per heavy atom. The minimum Gasteiger partial charge on any atom is -0.152 e. The third kappa shape index (κ3) is 5.16. The molecule has 1 aromatic heterocycles. The van der Waals surface area contributed by atoms with Gasteiger partial charge in [0.25, 0.3) is 0 Å². The number of hydrogen-bond donors (Lipinski definition) is 0. The highest BCUT2D eigenvalue weighted by Crippen LogP contribution is 2.19. The van der Waals surface area contributed by atoms with E-state index in [0.717, 1.165) is 0 Å². The molecule has 0 aliphatic rings. The lowest BCUT2D eigenvalue weighted by Crippen LogP contribution is -1.90. The first-order valence-electron chi connectivity index (χ1n) is 6.92. The van der Waals surface area contributed by atoms with Crippen LogP contribution < -0.4 is 0 Å². The summed E-state index contributed by atoms with van der Waals surface area (Å²) in [5, 5.41) is 4.70. The van der Waals surface area contributed by atoms with E-state index in [0.29, 0.717) is 0 Å². The summed E-state index contributed by atoms with van der Waals surface area (Å²) in [6.45, 7) is 4.55. The molecule has 0 bridgehead atoms. The lowest BCUT2D eigenvalue weighted by atomic mass is 10.0. The van der Waals surface area contributed by atoms with Crippen molar-refractivity contribution in [1.29, 1.82) is 0 Å². The van der Waals surface area contributed by atoms with Crippen LogP contribution in [0.4, 0.5) is 0 Å². The summed E-state index contributed by atoms with van der Waals surface area (Å²) in [6, 6.07) is 0. The highest BCUT2D eigenvalue weighted by molar-refractivity contribution is 7.08. The lowest BCUT2D eigenvalue weighted by Gasteiger charge is -2.03. The molecule has 0 radical (unpaired) electrons. The Hall–Kier alpha value is -0.300. The molecule has 92 valence electrons. The van der Waals surface area contributed by atoms with Crippen molar-refractivity contribution in [3.8, 4) is 0 Å². The van der Waals surface area contributed by atoms with Crippen LogP contribution in [-0.2, 0) is 12.8 Å². The van der Waals surface area contributed by atoms with Gasteiger partial charge in [0.05, 0.1) is 0 Å². The standard InChI is InChI=1S/C15H26S/c1-3-5-6-7-8-9-11-15-13-16-12-14(15)10-4-2/h12-13H,3-11H2,1-2H3. The van der Waals surface area contributed by atoms with Crippen LogP contribution in [0.1, 0.15) is 69.9 Å².